The van der Waals surface area contributed by atoms with Crippen LogP contribution in [0.4, 0.5) is 0 Å². The van der Waals surface area contributed by atoms with E-state index in [0.29, 0.717) is 4.48 Å². The van der Waals surface area contributed by atoms with Crippen molar-refractivity contribution >= 4 is 5.84 Å². The second kappa shape index (κ2) is 9.30. The van der Waals surface area contributed by atoms with E-state index in [9.17, 15) is 5.11 Å². The normalized spacial score (nSPS) is 24.3. The largest absolute Gasteiger partial charge is 0.345 e. The highest BCUT2D eigenvalue weighted by Crippen LogP contribution is 2.22. The molecule has 2 atom stereocenters. The smallest absolute Gasteiger partial charge is 0.200 e. The minimum atomic E-state index is -0.318. The number of hydrogen-bond donors (Lipinski definition) is 1. The SMILES string of the molecule is C/C=C/CCCCCCCC1=NCC[N+]1(CC)C(C)O. The van der Waals surface area contributed by atoms with Gasteiger partial charge in [0.05, 0.1) is 13.1 Å². The van der Waals surface area contributed by atoms with Gasteiger partial charge in [0.15, 0.2) is 6.23 Å². The zero-order valence-corrected chi connectivity index (χ0v) is 13.6. The van der Waals surface area contributed by atoms with Gasteiger partial charge in [-0.15, -0.1) is 0 Å². The van der Waals surface area contributed by atoms with E-state index in [-0.39, 0.29) is 6.23 Å². The first-order valence-corrected chi connectivity index (χ1v) is 8.37. The molecule has 0 spiro atoms. The molecule has 3 heteroatoms. The van der Waals surface area contributed by atoms with Crippen molar-refractivity contribution < 1.29 is 9.59 Å². The molecule has 1 aliphatic rings. The van der Waals surface area contributed by atoms with E-state index >= 15 is 0 Å². The Balaban J connectivity index is 2.21. The standard InChI is InChI=1S/C17H33N2O/c1-4-6-7-8-9-10-11-12-13-17-18-14-15-19(17,5-2)16(3)20/h4,6,16,20H,5,7-15H2,1-3H3/q+1/b6-4+. The summed E-state index contributed by atoms with van der Waals surface area (Å²) >= 11 is 0. The zero-order chi connectivity index (χ0) is 14.8. The van der Waals surface area contributed by atoms with Crippen molar-refractivity contribution in [3.63, 3.8) is 0 Å². The predicted octanol–water partition coefficient (Wildman–Crippen LogP) is 3.88. The van der Waals surface area contributed by atoms with E-state index in [2.05, 4.69) is 31.0 Å². The lowest BCUT2D eigenvalue weighted by Gasteiger charge is -2.36. The van der Waals surface area contributed by atoms with Crippen LogP contribution in [0.15, 0.2) is 17.1 Å². The number of hydrogen-bond acceptors (Lipinski definition) is 2. The number of allylic oxidation sites excluding steroid dienone is 2. The van der Waals surface area contributed by atoms with Crippen LogP contribution in [0, 0.1) is 0 Å². The van der Waals surface area contributed by atoms with Crippen LogP contribution in [0.25, 0.3) is 0 Å². The maximum atomic E-state index is 10.1. The lowest BCUT2D eigenvalue weighted by Crippen LogP contribution is -2.56. The molecule has 0 amide bonds. The lowest BCUT2D eigenvalue weighted by molar-refractivity contribution is -0.882. The number of aliphatic hydroxyl groups excluding tert-OH is 1. The second-order valence-corrected chi connectivity index (χ2v) is 5.88. The summed E-state index contributed by atoms with van der Waals surface area (Å²) in [6.45, 7) is 8.98. The molecule has 0 fully saturated rings. The second-order valence-electron chi connectivity index (χ2n) is 5.88. The van der Waals surface area contributed by atoms with Crippen molar-refractivity contribution in [2.75, 3.05) is 19.6 Å². The molecule has 0 aromatic heterocycles. The fraction of sp³-hybridized carbons (Fsp3) is 0.824. The van der Waals surface area contributed by atoms with Gasteiger partial charge in [0.1, 0.15) is 6.54 Å². The van der Waals surface area contributed by atoms with Crippen LogP contribution in [-0.2, 0) is 0 Å². The molecule has 1 aliphatic heterocycles. The van der Waals surface area contributed by atoms with Crippen LogP contribution in [0.2, 0.25) is 0 Å². The Morgan fingerprint density at radius 2 is 1.95 bits per heavy atom. The molecule has 116 valence electrons. The highest BCUT2D eigenvalue weighted by molar-refractivity contribution is 5.76. The molecule has 1 heterocycles. The van der Waals surface area contributed by atoms with Crippen LogP contribution in [0.3, 0.4) is 0 Å². The number of quaternary nitrogens is 1. The average Bonchev–Trinajstić information content (AvgIpc) is 2.86. The summed E-state index contributed by atoms with van der Waals surface area (Å²) in [6.07, 6.45) is 12.8. The maximum Gasteiger partial charge on any atom is 0.200 e. The number of aliphatic hydroxyl groups is 1. The molecule has 0 radical (unpaired) electrons. The highest BCUT2D eigenvalue weighted by atomic mass is 16.3. The Hall–Kier alpha value is -0.670. The number of unbranched alkanes of at least 4 members (excludes halogenated alkanes) is 5. The van der Waals surface area contributed by atoms with Crippen molar-refractivity contribution in [3.8, 4) is 0 Å². The summed E-state index contributed by atoms with van der Waals surface area (Å²) in [4.78, 5) is 4.66. The summed E-state index contributed by atoms with van der Waals surface area (Å²) in [5.41, 5.74) is 0. The molecule has 0 aromatic rings. The van der Waals surface area contributed by atoms with Gasteiger partial charge < -0.3 is 5.11 Å². The first-order chi connectivity index (χ1) is 9.67. The average molecular weight is 281 g/mol. The first-order valence-electron chi connectivity index (χ1n) is 8.37. The molecule has 2 unspecified atom stereocenters. The van der Waals surface area contributed by atoms with E-state index in [1.807, 2.05) is 6.92 Å². The van der Waals surface area contributed by atoms with Gasteiger partial charge in [0.25, 0.3) is 0 Å². The summed E-state index contributed by atoms with van der Waals surface area (Å²) in [7, 11) is 0. The Kier molecular flexibility index (Phi) is 8.08. The molecule has 0 aliphatic carbocycles. The van der Waals surface area contributed by atoms with E-state index in [4.69, 9.17) is 0 Å². The molecule has 0 saturated carbocycles. The van der Waals surface area contributed by atoms with Gasteiger partial charge in [-0.25, -0.2) is 4.99 Å². The zero-order valence-electron chi connectivity index (χ0n) is 13.6. The van der Waals surface area contributed by atoms with Crippen molar-refractivity contribution in [2.24, 2.45) is 4.99 Å². The van der Waals surface area contributed by atoms with E-state index < -0.39 is 0 Å². The predicted molar refractivity (Wildman–Crippen MR) is 86.8 cm³/mol. The highest BCUT2D eigenvalue weighted by Gasteiger charge is 2.40. The molecule has 20 heavy (non-hydrogen) atoms. The van der Waals surface area contributed by atoms with Crippen molar-refractivity contribution in [1.82, 2.24) is 0 Å². The number of amidine groups is 1. The minimum absolute atomic E-state index is 0.318. The molecular formula is C17H33N2O+. The maximum absolute atomic E-state index is 10.1. The summed E-state index contributed by atoms with van der Waals surface area (Å²) in [5.74, 6) is 1.23. The Labute approximate surface area is 125 Å². The first kappa shape index (κ1) is 17.4. The Morgan fingerprint density at radius 1 is 1.25 bits per heavy atom. The Morgan fingerprint density at radius 3 is 2.60 bits per heavy atom. The van der Waals surface area contributed by atoms with Crippen LogP contribution in [0.5, 0.6) is 0 Å². The van der Waals surface area contributed by atoms with Gasteiger partial charge in [-0.05, 0) is 33.1 Å². The fourth-order valence-electron chi connectivity index (χ4n) is 3.18. The van der Waals surface area contributed by atoms with Crippen molar-refractivity contribution in [1.29, 1.82) is 0 Å². The van der Waals surface area contributed by atoms with E-state index in [1.165, 1.54) is 44.4 Å². The Bertz CT molecular complexity index is 323. The monoisotopic (exact) mass is 281 g/mol. The molecule has 1 N–H and O–H groups in total. The van der Waals surface area contributed by atoms with E-state index in [1.54, 1.807) is 0 Å². The molecule has 3 nitrogen and oxygen atoms in total. The number of aliphatic imine (C=N–C) groups is 1. The lowest BCUT2D eigenvalue weighted by atomic mass is 10.1. The molecular weight excluding hydrogens is 248 g/mol. The van der Waals surface area contributed by atoms with Gasteiger partial charge in [0.2, 0.25) is 5.84 Å². The van der Waals surface area contributed by atoms with Crippen molar-refractivity contribution in [2.45, 2.75) is 71.9 Å². The van der Waals surface area contributed by atoms with Gasteiger partial charge in [-0.2, -0.15) is 0 Å². The molecule has 1 rings (SSSR count). The summed E-state index contributed by atoms with van der Waals surface area (Å²) < 4.78 is 0.710. The number of nitrogens with zero attached hydrogens (tertiary/aromatic N) is 2. The van der Waals surface area contributed by atoms with Gasteiger partial charge in [0, 0.05) is 13.3 Å². The third kappa shape index (κ3) is 4.71. The molecule has 0 saturated heterocycles. The van der Waals surface area contributed by atoms with Crippen LogP contribution >= 0.6 is 0 Å². The molecule has 0 aromatic carbocycles. The van der Waals surface area contributed by atoms with Crippen LogP contribution < -0.4 is 0 Å². The number of rotatable bonds is 10. The minimum Gasteiger partial charge on any atom is -0.345 e. The summed E-state index contributed by atoms with van der Waals surface area (Å²) in [6, 6.07) is 0. The third-order valence-corrected chi connectivity index (χ3v) is 4.59. The quantitative estimate of drug-likeness (QED) is 0.368. The number of likely N-dealkylation sites (N-methyl/N-ethyl adjacent to an activating group) is 1. The van der Waals surface area contributed by atoms with Crippen LogP contribution in [0.1, 0.15) is 65.7 Å². The third-order valence-electron chi connectivity index (χ3n) is 4.59. The van der Waals surface area contributed by atoms with Gasteiger partial charge in [-0.1, -0.05) is 31.4 Å². The fourth-order valence-corrected chi connectivity index (χ4v) is 3.18. The van der Waals surface area contributed by atoms with E-state index in [0.717, 1.165) is 26.1 Å². The van der Waals surface area contributed by atoms with Crippen LogP contribution in [-0.4, -0.2) is 41.3 Å². The molecule has 0 bridgehead atoms. The van der Waals surface area contributed by atoms with Gasteiger partial charge >= 0.3 is 0 Å². The summed E-state index contributed by atoms with van der Waals surface area (Å²) in [5, 5.41) is 10.1. The van der Waals surface area contributed by atoms with Crippen molar-refractivity contribution in [3.05, 3.63) is 12.2 Å². The van der Waals surface area contributed by atoms with Gasteiger partial charge in [-0.3, -0.25) is 4.48 Å². The topological polar surface area (TPSA) is 32.6 Å².